The maximum Gasteiger partial charge on any atom is 0.174 e. The third kappa shape index (κ3) is 5.50. The van der Waals surface area contributed by atoms with Crippen LogP contribution in [0.15, 0.2) is 42.5 Å². The summed E-state index contributed by atoms with van der Waals surface area (Å²) in [5.41, 5.74) is 1.84. The van der Waals surface area contributed by atoms with Crippen LogP contribution in [-0.2, 0) is 22.7 Å². The van der Waals surface area contributed by atoms with Crippen LogP contribution in [0.3, 0.4) is 0 Å². The van der Waals surface area contributed by atoms with Crippen LogP contribution in [0.25, 0.3) is 10.6 Å². The molecule has 0 radical (unpaired) electrons. The second-order valence-corrected chi connectivity index (χ2v) is 9.36. The number of benzene rings is 1. The fraction of sp³-hybridized carbons (Fsp3) is 0.391. The lowest BCUT2D eigenvalue weighted by atomic mass is 10.1. The summed E-state index contributed by atoms with van der Waals surface area (Å²) in [5, 5.41) is 6.30. The van der Waals surface area contributed by atoms with Crippen LogP contribution in [0.2, 0.25) is 5.02 Å². The van der Waals surface area contributed by atoms with E-state index >= 15 is 0 Å². The predicted octanol–water partition coefficient (Wildman–Crippen LogP) is 5.98. The second kappa shape index (κ2) is 9.33. The monoisotopic (exact) mass is 446 g/mol. The zero-order valence-electron chi connectivity index (χ0n) is 17.9. The van der Waals surface area contributed by atoms with Gasteiger partial charge in [0.05, 0.1) is 35.5 Å². The van der Waals surface area contributed by atoms with E-state index in [1.807, 2.05) is 61.0 Å². The Kier molecular flexibility index (Phi) is 7.01. The zero-order chi connectivity index (χ0) is 21.9. The van der Waals surface area contributed by atoms with Gasteiger partial charge in [-0.05, 0) is 64.4 Å². The Balaban J connectivity index is 1.92. The van der Waals surface area contributed by atoms with E-state index in [-0.39, 0.29) is 18.5 Å². The molecule has 3 rings (SSSR count). The number of aromatic nitrogens is 2. The Hall–Kier alpha value is -2.15. The molecule has 0 saturated heterocycles. The second-order valence-electron chi connectivity index (χ2n) is 7.91. The number of hydrogen-bond acceptors (Lipinski definition) is 5. The Labute approximate surface area is 186 Å². The number of rotatable bonds is 9. The van der Waals surface area contributed by atoms with Crippen LogP contribution < -0.4 is 4.74 Å². The molecule has 0 N–H and O–H groups in total. The first-order chi connectivity index (χ1) is 14.2. The van der Waals surface area contributed by atoms with Gasteiger partial charge in [-0.2, -0.15) is 5.10 Å². The molecule has 1 aromatic carbocycles. The molecule has 0 aliphatic carbocycles. The van der Waals surface area contributed by atoms with Gasteiger partial charge in [0.25, 0.3) is 0 Å². The number of carbonyl (C=O) groups is 1. The number of carbonyl (C=O) groups excluding carboxylic acids is 1. The molecule has 0 aliphatic rings. The topological polar surface area (TPSA) is 53.4 Å². The minimum Gasteiger partial charge on any atom is -0.481 e. The standard InChI is InChI=1S/C23H27ClN2O3S/c1-15(2)29-22-11-10-21(30-22)20-12-18(14-28-23(4,5)16(3)27)25-26(20)13-17-8-6-7-9-19(17)24/h6-12,15H,13-14H2,1-5H3. The summed E-state index contributed by atoms with van der Waals surface area (Å²) in [4.78, 5) is 12.8. The van der Waals surface area contributed by atoms with E-state index in [0.717, 1.165) is 26.9 Å². The summed E-state index contributed by atoms with van der Waals surface area (Å²) < 4.78 is 13.6. The lowest BCUT2D eigenvalue weighted by Gasteiger charge is -2.21. The first kappa shape index (κ1) is 22.5. The molecule has 0 unspecified atom stereocenters. The summed E-state index contributed by atoms with van der Waals surface area (Å²) >= 11 is 7.95. The highest BCUT2D eigenvalue weighted by atomic mass is 35.5. The average molecular weight is 447 g/mol. The highest BCUT2D eigenvalue weighted by molar-refractivity contribution is 7.17. The van der Waals surface area contributed by atoms with Crippen molar-refractivity contribution in [2.75, 3.05) is 0 Å². The van der Waals surface area contributed by atoms with Gasteiger partial charge in [0.15, 0.2) is 10.8 Å². The van der Waals surface area contributed by atoms with Crippen LogP contribution in [-0.4, -0.2) is 27.3 Å². The van der Waals surface area contributed by atoms with E-state index in [4.69, 9.17) is 26.2 Å². The summed E-state index contributed by atoms with van der Waals surface area (Å²) in [6.07, 6.45) is 0.113. The van der Waals surface area contributed by atoms with Crippen molar-refractivity contribution in [2.24, 2.45) is 0 Å². The average Bonchev–Trinajstić information content (AvgIpc) is 3.28. The van der Waals surface area contributed by atoms with Gasteiger partial charge in [-0.25, -0.2) is 0 Å². The SMILES string of the molecule is CC(=O)C(C)(C)OCc1cc(-c2ccc(OC(C)C)s2)n(Cc2ccccc2Cl)n1. The Morgan fingerprint density at radius 3 is 2.63 bits per heavy atom. The number of Topliss-reactive ketones (excluding diaryl/α,β-unsaturated/α-hetero) is 1. The third-order valence-corrected chi connectivity index (χ3v) is 6.09. The van der Waals surface area contributed by atoms with Crippen LogP contribution in [0.4, 0.5) is 0 Å². The molecule has 0 aliphatic heterocycles. The summed E-state index contributed by atoms with van der Waals surface area (Å²) in [6, 6.07) is 13.7. The van der Waals surface area contributed by atoms with Gasteiger partial charge in [0.2, 0.25) is 0 Å². The largest absolute Gasteiger partial charge is 0.481 e. The van der Waals surface area contributed by atoms with Crippen molar-refractivity contribution in [1.29, 1.82) is 0 Å². The molecular weight excluding hydrogens is 420 g/mol. The molecule has 0 saturated carbocycles. The van der Waals surface area contributed by atoms with E-state index < -0.39 is 5.60 Å². The van der Waals surface area contributed by atoms with Crippen LogP contribution in [0.1, 0.15) is 45.9 Å². The number of hydrogen-bond donors (Lipinski definition) is 0. The number of ketones is 1. The lowest BCUT2D eigenvalue weighted by molar-refractivity contribution is -0.139. The summed E-state index contributed by atoms with van der Waals surface area (Å²) in [7, 11) is 0. The molecule has 2 heterocycles. The van der Waals surface area contributed by atoms with Crippen molar-refractivity contribution in [3.63, 3.8) is 0 Å². The van der Waals surface area contributed by atoms with Crippen molar-refractivity contribution in [3.05, 3.63) is 58.7 Å². The zero-order valence-corrected chi connectivity index (χ0v) is 19.5. The molecule has 30 heavy (non-hydrogen) atoms. The van der Waals surface area contributed by atoms with Crippen LogP contribution in [0, 0.1) is 0 Å². The molecule has 0 bridgehead atoms. The molecular formula is C23H27ClN2O3S. The molecule has 0 fully saturated rings. The van der Waals surface area contributed by atoms with Gasteiger partial charge in [-0.15, -0.1) is 0 Å². The highest BCUT2D eigenvalue weighted by Gasteiger charge is 2.25. The van der Waals surface area contributed by atoms with E-state index in [2.05, 4.69) is 0 Å². The molecule has 3 aromatic rings. The molecule has 160 valence electrons. The van der Waals surface area contributed by atoms with Crippen molar-refractivity contribution in [3.8, 4) is 15.6 Å². The van der Waals surface area contributed by atoms with Gasteiger partial charge in [0, 0.05) is 5.02 Å². The first-order valence-electron chi connectivity index (χ1n) is 9.87. The molecule has 0 amide bonds. The minimum absolute atomic E-state index is 0.0213. The lowest BCUT2D eigenvalue weighted by Crippen LogP contribution is -2.32. The summed E-state index contributed by atoms with van der Waals surface area (Å²) in [5.74, 6) is -0.0213. The molecule has 7 heteroatoms. The smallest absolute Gasteiger partial charge is 0.174 e. The number of ether oxygens (including phenoxy) is 2. The number of halogens is 1. The van der Waals surface area contributed by atoms with Crippen molar-refractivity contribution >= 4 is 28.7 Å². The minimum atomic E-state index is -0.853. The van der Waals surface area contributed by atoms with Crippen LogP contribution in [0.5, 0.6) is 5.06 Å². The molecule has 5 nitrogen and oxygen atoms in total. The van der Waals surface area contributed by atoms with Crippen molar-refractivity contribution < 1.29 is 14.3 Å². The van der Waals surface area contributed by atoms with Gasteiger partial charge >= 0.3 is 0 Å². The van der Waals surface area contributed by atoms with Gasteiger partial charge < -0.3 is 9.47 Å². The Morgan fingerprint density at radius 1 is 1.23 bits per heavy atom. The predicted molar refractivity (Wildman–Crippen MR) is 121 cm³/mol. The van der Waals surface area contributed by atoms with Gasteiger partial charge in [0.1, 0.15) is 5.60 Å². The van der Waals surface area contributed by atoms with E-state index in [9.17, 15) is 4.79 Å². The third-order valence-electron chi connectivity index (χ3n) is 4.72. The number of thiophene rings is 1. The van der Waals surface area contributed by atoms with Crippen LogP contribution >= 0.6 is 22.9 Å². The number of nitrogens with zero attached hydrogens (tertiary/aromatic N) is 2. The maximum atomic E-state index is 11.8. The van der Waals surface area contributed by atoms with E-state index in [1.165, 1.54) is 6.92 Å². The highest BCUT2D eigenvalue weighted by Crippen LogP contribution is 2.35. The fourth-order valence-corrected chi connectivity index (χ4v) is 3.95. The van der Waals surface area contributed by atoms with Crippen molar-refractivity contribution in [2.45, 2.75) is 59.5 Å². The Morgan fingerprint density at radius 2 is 1.97 bits per heavy atom. The van der Waals surface area contributed by atoms with Gasteiger partial charge in [-0.1, -0.05) is 41.1 Å². The molecule has 0 atom stereocenters. The molecule has 2 aromatic heterocycles. The first-order valence-corrected chi connectivity index (χ1v) is 11.1. The maximum absolute atomic E-state index is 11.8. The van der Waals surface area contributed by atoms with E-state index in [1.54, 1.807) is 25.2 Å². The quantitative estimate of drug-likeness (QED) is 0.405. The van der Waals surface area contributed by atoms with Crippen molar-refractivity contribution in [1.82, 2.24) is 9.78 Å². The normalized spacial score (nSPS) is 11.8. The molecule has 0 spiro atoms. The Bertz CT molecular complexity index is 1020. The fourth-order valence-electron chi connectivity index (χ4n) is 2.76. The van der Waals surface area contributed by atoms with Gasteiger partial charge in [-0.3, -0.25) is 9.48 Å². The summed E-state index contributed by atoms with van der Waals surface area (Å²) in [6.45, 7) is 9.86. The van der Waals surface area contributed by atoms with E-state index in [0.29, 0.717) is 11.6 Å².